The zero-order chi connectivity index (χ0) is 20.6. The van der Waals surface area contributed by atoms with Gasteiger partial charge in [-0.1, -0.05) is 30.3 Å². The SMILES string of the molecule is CCOC(=O)C(Cc1ccc(OCCn2ncc3ccccc3c2=O)cc1)OC. The number of ether oxygens (including phenoxy) is 3. The van der Waals surface area contributed by atoms with Gasteiger partial charge in [-0.3, -0.25) is 4.79 Å². The standard InChI is InChI=1S/C22H24N2O5/c1-3-28-22(26)20(27-2)14-16-8-10-18(11-9-16)29-13-12-24-21(25)19-7-5-4-6-17(19)15-23-24/h4-11,15,20H,3,12-14H2,1-2H3. The van der Waals surface area contributed by atoms with E-state index in [1.165, 1.54) is 11.8 Å². The van der Waals surface area contributed by atoms with Crippen molar-refractivity contribution in [3.63, 3.8) is 0 Å². The quantitative estimate of drug-likeness (QED) is 0.517. The number of esters is 1. The molecule has 0 aliphatic heterocycles. The van der Waals surface area contributed by atoms with Crippen molar-refractivity contribution in [3.8, 4) is 5.75 Å². The van der Waals surface area contributed by atoms with Crippen LogP contribution in [-0.4, -0.2) is 42.2 Å². The van der Waals surface area contributed by atoms with Crippen molar-refractivity contribution in [2.45, 2.75) is 26.0 Å². The molecule has 0 amide bonds. The molecule has 1 heterocycles. The number of hydrogen-bond donors (Lipinski definition) is 0. The fourth-order valence-electron chi connectivity index (χ4n) is 2.97. The molecule has 0 aliphatic rings. The molecule has 3 rings (SSSR count). The van der Waals surface area contributed by atoms with Crippen LogP contribution in [0.15, 0.2) is 59.5 Å². The van der Waals surface area contributed by atoms with Crippen molar-refractivity contribution in [2.75, 3.05) is 20.3 Å². The highest BCUT2D eigenvalue weighted by atomic mass is 16.6. The summed E-state index contributed by atoms with van der Waals surface area (Å²) >= 11 is 0. The van der Waals surface area contributed by atoms with E-state index in [4.69, 9.17) is 14.2 Å². The average Bonchev–Trinajstić information content (AvgIpc) is 2.75. The minimum Gasteiger partial charge on any atom is -0.492 e. The molecule has 29 heavy (non-hydrogen) atoms. The second-order valence-electron chi connectivity index (χ2n) is 6.43. The number of aromatic nitrogens is 2. The van der Waals surface area contributed by atoms with E-state index in [0.717, 1.165) is 10.9 Å². The Morgan fingerprint density at radius 3 is 2.62 bits per heavy atom. The second-order valence-corrected chi connectivity index (χ2v) is 6.43. The van der Waals surface area contributed by atoms with Crippen LogP contribution in [0.2, 0.25) is 0 Å². The van der Waals surface area contributed by atoms with Crippen molar-refractivity contribution < 1.29 is 19.0 Å². The van der Waals surface area contributed by atoms with E-state index in [0.29, 0.717) is 37.3 Å². The fourth-order valence-corrected chi connectivity index (χ4v) is 2.97. The summed E-state index contributed by atoms with van der Waals surface area (Å²) in [6, 6.07) is 14.8. The van der Waals surface area contributed by atoms with E-state index in [-0.39, 0.29) is 11.5 Å². The van der Waals surface area contributed by atoms with E-state index in [2.05, 4.69) is 5.10 Å². The van der Waals surface area contributed by atoms with Gasteiger partial charge < -0.3 is 14.2 Å². The highest BCUT2D eigenvalue weighted by Gasteiger charge is 2.19. The van der Waals surface area contributed by atoms with Crippen LogP contribution < -0.4 is 10.3 Å². The number of rotatable bonds is 9. The van der Waals surface area contributed by atoms with Crippen molar-refractivity contribution in [1.29, 1.82) is 0 Å². The molecule has 152 valence electrons. The maximum atomic E-state index is 12.4. The molecule has 0 radical (unpaired) electrons. The highest BCUT2D eigenvalue weighted by molar-refractivity contribution is 5.80. The summed E-state index contributed by atoms with van der Waals surface area (Å²) in [4.78, 5) is 24.3. The van der Waals surface area contributed by atoms with Gasteiger partial charge in [0.1, 0.15) is 12.4 Å². The van der Waals surface area contributed by atoms with E-state index < -0.39 is 6.10 Å². The van der Waals surface area contributed by atoms with Crippen LogP contribution in [0.4, 0.5) is 0 Å². The predicted molar refractivity (Wildman–Crippen MR) is 109 cm³/mol. The van der Waals surface area contributed by atoms with Gasteiger partial charge in [0.05, 0.1) is 24.7 Å². The minimum absolute atomic E-state index is 0.133. The molecule has 0 saturated heterocycles. The third kappa shape index (κ3) is 5.20. The molecule has 1 atom stereocenters. The molecular formula is C22H24N2O5. The Hall–Kier alpha value is -3.19. The summed E-state index contributed by atoms with van der Waals surface area (Å²) in [6.07, 6.45) is 1.47. The lowest BCUT2D eigenvalue weighted by atomic mass is 10.1. The first-order valence-electron chi connectivity index (χ1n) is 9.48. The monoisotopic (exact) mass is 396 g/mol. The van der Waals surface area contributed by atoms with Crippen LogP contribution in [0.25, 0.3) is 10.8 Å². The first-order valence-corrected chi connectivity index (χ1v) is 9.48. The second kappa shape index (κ2) is 9.84. The molecule has 1 unspecified atom stereocenters. The normalized spacial score (nSPS) is 11.9. The molecule has 0 N–H and O–H groups in total. The maximum Gasteiger partial charge on any atom is 0.335 e. The topological polar surface area (TPSA) is 79.7 Å². The smallest absolute Gasteiger partial charge is 0.335 e. The Bertz CT molecular complexity index is 1010. The lowest BCUT2D eigenvalue weighted by molar-refractivity contribution is -0.154. The van der Waals surface area contributed by atoms with E-state index in [1.54, 1.807) is 19.2 Å². The van der Waals surface area contributed by atoms with Crippen molar-refractivity contribution in [1.82, 2.24) is 9.78 Å². The number of benzene rings is 2. The van der Waals surface area contributed by atoms with Gasteiger partial charge in [0.2, 0.25) is 0 Å². The minimum atomic E-state index is -0.632. The molecule has 7 heteroatoms. The summed E-state index contributed by atoms with van der Waals surface area (Å²) in [5.74, 6) is 0.302. The maximum absolute atomic E-state index is 12.4. The summed E-state index contributed by atoms with van der Waals surface area (Å²) in [5, 5.41) is 5.65. The molecule has 1 aromatic heterocycles. The van der Waals surface area contributed by atoms with Crippen LogP contribution in [0.5, 0.6) is 5.75 Å². The molecule has 0 bridgehead atoms. The first kappa shape index (κ1) is 20.5. The molecular weight excluding hydrogens is 372 g/mol. The first-order chi connectivity index (χ1) is 14.1. The van der Waals surface area contributed by atoms with Gasteiger partial charge in [0.25, 0.3) is 5.56 Å². The predicted octanol–water partition coefficient (Wildman–Crippen LogP) is 2.60. The van der Waals surface area contributed by atoms with E-state index in [1.807, 2.05) is 42.5 Å². The van der Waals surface area contributed by atoms with Gasteiger partial charge in [-0.15, -0.1) is 0 Å². The van der Waals surface area contributed by atoms with E-state index in [9.17, 15) is 9.59 Å². The van der Waals surface area contributed by atoms with Gasteiger partial charge in [-0.2, -0.15) is 5.10 Å². The lowest BCUT2D eigenvalue weighted by Gasteiger charge is -2.14. The van der Waals surface area contributed by atoms with Gasteiger partial charge in [0, 0.05) is 18.9 Å². The van der Waals surface area contributed by atoms with Gasteiger partial charge in [-0.05, 0) is 30.7 Å². The number of carbonyl (C=O) groups excluding carboxylic acids is 1. The summed E-state index contributed by atoms with van der Waals surface area (Å²) in [6.45, 7) is 2.74. The zero-order valence-corrected chi connectivity index (χ0v) is 16.5. The number of hydrogen-bond acceptors (Lipinski definition) is 6. The van der Waals surface area contributed by atoms with Crippen LogP contribution >= 0.6 is 0 Å². The number of fused-ring (bicyclic) bond motifs is 1. The summed E-state index contributed by atoms with van der Waals surface area (Å²) in [5.41, 5.74) is 0.802. The average molecular weight is 396 g/mol. The van der Waals surface area contributed by atoms with Crippen molar-refractivity contribution >= 4 is 16.7 Å². The summed E-state index contributed by atoms with van der Waals surface area (Å²) < 4.78 is 17.3. The Kier molecular flexibility index (Phi) is 6.97. The van der Waals surface area contributed by atoms with E-state index >= 15 is 0 Å². The Morgan fingerprint density at radius 1 is 1.14 bits per heavy atom. The van der Waals surface area contributed by atoms with Crippen LogP contribution in [-0.2, 0) is 27.2 Å². The molecule has 7 nitrogen and oxygen atoms in total. The third-order valence-corrected chi connectivity index (χ3v) is 4.51. The highest BCUT2D eigenvalue weighted by Crippen LogP contribution is 2.15. The molecule has 3 aromatic rings. The Labute approximate surface area is 168 Å². The molecule has 0 spiro atoms. The van der Waals surface area contributed by atoms with Crippen LogP contribution in [0.3, 0.4) is 0 Å². The van der Waals surface area contributed by atoms with Crippen LogP contribution in [0, 0.1) is 0 Å². The van der Waals surface area contributed by atoms with Gasteiger partial charge in [0.15, 0.2) is 6.10 Å². The molecule has 2 aromatic carbocycles. The van der Waals surface area contributed by atoms with Gasteiger partial charge >= 0.3 is 5.97 Å². The number of methoxy groups -OCH3 is 1. The van der Waals surface area contributed by atoms with Crippen molar-refractivity contribution in [2.24, 2.45) is 0 Å². The van der Waals surface area contributed by atoms with Crippen LogP contribution in [0.1, 0.15) is 12.5 Å². The third-order valence-electron chi connectivity index (χ3n) is 4.51. The number of carbonyl (C=O) groups is 1. The number of nitrogens with zero attached hydrogens (tertiary/aromatic N) is 2. The molecule has 0 saturated carbocycles. The zero-order valence-electron chi connectivity index (χ0n) is 16.5. The summed E-state index contributed by atoms with van der Waals surface area (Å²) in [7, 11) is 1.49. The largest absolute Gasteiger partial charge is 0.492 e. The molecule has 0 fully saturated rings. The van der Waals surface area contributed by atoms with Crippen molar-refractivity contribution in [3.05, 3.63) is 70.6 Å². The van der Waals surface area contributed by atoms with Gasteiger partial charge in [-0.25, -0.2) is 9.48 Å². The fraction of sp³-hybridized carbons (Fsp3) is 0.318. The Morgan fingerprint density at radius 2 is 1.90 bits per heavy atom. The molecule has 0 aliphatic carbocycles. The lowest BCUT2D eigenvalue weighted by Crippen LogP contribution is -2.27. The Balaban J connectivity index is 1.56.